The van der Waals surface area contributed by atoms with Gasteiger partial charge in [-0.05, 0) is 49.5 Å². The Balaban J connectivity index is 1.61. The van der Waals surface area contributed by atoms with Gasteiger partial charge in [-0.2, -0.15) is 0 Å². The van der Waals surface area contributed by atoms with Gasteiger partial charge in [0.05, 0.1) is 10.9 Å². The standard InChI is InChI=1S/C22H25Cl2NO2/c1-2-8-27-13-18(26)25-20(16-6-4-3-5-7-16)19-17-9-15-10-21(23,12-17)14-22(19,24)11-15/h1,3-7,15,17,19-20H,8-14H2,(H,25,26)/t15?,17?,19-,20+,21+,22+/m1/s1. The van der Waals surface area contributed by atoms with Crippen molar-refractivity contribution in [1.82, 2.24) is 5.32 Å². The van der Waals surface area contributed by atoms with E-state index in [1.165, 1.54) is 0 Å². The summed E-state index contributed by atoms with van der Waals surface area (Å²) in [5.41, 5.74) is 1.09. The highest BCUT2D eigenvalue weighted by Gasteiger charge is 2.63. The molecule has 1 aromatic rings. The quantitative estimate of drug-likeness (QED) is 0.435. The molecule has 4 aliphatic rings. The maximum Gasteiger partial charge on any atom is 0.246 e. The van der Waals surface area contributed by atoms with Gasteiger partial charge in [0.15, 0.2) is 0 Å². The monoisotopic (exact) mass is 405 g/mol. The lowest BCUT2D eigenvalue weighted by Crippen LogP contribution is -2.62. The number of nitrogens with one attached hydrogen (secondary N) is 1. The molecule has 0 radical (unpaired) electrons. The van der Waals surface area contributed by atoms with E-state index in [9.17, 15) is 4.79 Å². The molecule has 6 atom stereocenters. The van der Waals surface area contributed by atoms with E-state index in [1.54, 1.807) is 0 Å². The van der Waals surface area contributed by atoms with E-state index in [0.29, 0.717) is 11.8 Å². The van der Waals surface area contributed by atoms with Gasteiger partial charge in [-0.3, -0.25) is 4.79 Å². The van der Waals surface area contributed by atoms with Crippen molar-refractivity contribution in [3.63, 3.8) is 0 Å². The van der Waals surface area contributed by atoms with Crippen molar-refractivity contribution in [1.29, 1.82) is 0 Å². The van der Waals surface area contributed by atoms with Crippen LogP contribution in [0.1, 0.15) is 43.7 Å². The van der Waals surface area contributed by atoms with Gasteiger partial charge in [-0.15, -0.1) is 29.6 Å². The number of rotatable bonds is 6. The van der Waals surface area contributed by atoms with E-state index < -0.39 is 0 Å². The lowest BCUT2D eigenvalue weighted by molar-refractivity contribution is -0.127. The second kappa shape index (κ2) is 7.32. The first kappa shape index (κ1) is 19.1. The number of amides is 1. The number of ether oxygens (including phenoxy) is 1. The van der Waals surface area contributed by atoms with Gasteiger partial charge in [0.25, 0.3) is 0 Å². The third kappa shape index (κ3) is 3.73. The van der Waals surface area contributed by atoms with E-state index in [0.717, 1.165) is 37.7 Å². The maximum absolute atomic E-state index is 12.5. The Morgan fingerprint density at radius 1 is 1.30 bits per heavy atom. The predicted octanol–water partition coefficient (Wildman–Crippen LogP) is 4.29. The summed E-state index contributed by atoms with van der Waals surface area (Å²) in [6.07, 6.45) is 10.2. The molecule has 0 saturated heterocycles. The Bertz CT molecular complexity index is 748. The number of alkyl halides is 2. The number of carbonyl (C=O) groups is 1. The Morgan fingerprint density at radius 2 is 2.07 bits per heavy atom. The molecule has 5 rings (SSSR count). The highest BCUT2D eigenvalue weighted by Crippen LogP contribution is 2.66. The largest absolute Gasteiger partial charge is 0.359 e. The first-order valence-electron chi connectivity index (χ1n) is 9.66. The van der Waals surface area contributed by atoms with Crippen LogP contribution in [0.5, 0.6) is 0 Å². The fraction of sp³-hybridized carbons (Fsp3) is 0.591. The number of hydrogen-bond donors (Lipinski definition) is 1. The van der Waals surface area contributed by atoms with Crippen molar-refractivity contribution in [2.24, 2.45) is 17.8 Å². The van der Waals surface area contributed by atoms with E-state index in [2.05, 4.69) is 23.4 Å². The minimum absolute atomic E-state index is 0.0394. The van der Waals surface area contributed by atoms with Gasteiger partial charge in [-0.1, -0.05) is 36.3 Å². The minimum Gasteiger partial charge on any atom is -0.359 e. The Morgan fingerprint density at radius 3 is 2.74 bits per heavy atom. The number of terminal acetylenes is 1. The molecule has 144 valence electrons. The zero-order valence-corrected chi connectivity index (χ0v) is 16.8. The second-order valence-electron chi connectivity index (χ2n) is 8.52. The van der Waals surface area contributed by atoms with Gasteiger partial charge in [-0.25, -0.2) is 0 Å². The predicted molar refractivity (Wildman–Crippen MR) is 108 cm³/mol. The number of hydrogen-bond acceptors (Lipinski definition) is 2. The number of carbonyl (C=O) groups excluding carboxylic acids is 1. The fourth-order valence-electron chi connectivity index (χ4n) is 6.02. The van der Waals surface area contributed by atoms with Crippen LogP contribution in [0.3, 0.4) is 0 Å². The van der Waals surface area contributed by atoms with E-state index >= 15 is 0 Å². The molecule has 1 N–H and O–H groups in total. The zero-order valence-electron chi connectivity index (χ0n) is 15.3. The van der Waals surface area contributed by atoms with Crippen LogP contribution in [0.4, 0.5) is 0 Å². The molecule has 0 spiro atoms. The average Bonchev–Trinajstić information content (AvgIpc) is 2.59. The molecule has 2 unspecified atom stereocenters. The van der Waals surface area contributed by atoms with Crippen LogP contribution < -0.4 is 5.32 Å². The molecule has 1 amide bonds. The van der Waals surface area contributed by atoms with Crippen molar-refractivity contribution in [3.05, 3.63) is 35.9 Å². The topological polar surface area (TPSA) is 38.3 Å². The molecular formula is C22H25Cl2NO2. The van der Waals surface area contributed by atoms with Crippen LogP contribution in [0.25, 0.3) is 0 Å². The van der Waals surface area contributed by atoms with Gasteiger partial charge >= 0.3 is 0 Å². The highest BCUT2D eigenvalue weighted by molar-refractivity contribution is 6.28. The van der Waals surface area contributed by atoms with Gasteiger partial charge in [0, 0.05) is 10.8 Å². The maximum atomic E-state index is 12.5. The molecule has 27 heavy (non-hydrogen) atoms. The summed E-state index contributed by atoms with van der Waals surface area (Å²) in [6, 6.07) is 9.98. The molecule has 0 heterocycles. The molecule has 1 aromatic carbocycles. The SMILES string of the molecule is C#CCOCC(=O)N[C@@H](c1ccccc1)[C@H]1C2CC3C[C@](Cl)(C2)C[C@@]1(Cl)C3. The third-order valence-corrected chi connectivity index (χ3v) is 7.50. The van der Waals surface area contributed by atoms with Crippen LogP contribution in [-0.2, 0) is 9.53 Å². The van der Waals surface area contributed by atoms with Crippen LogP contribution in [-0.4, -0.2) is 28.9 Å². The molecule has 4 saturated carbocycles. The molecular weight excluding hydrogens is 381 g/mol. The normalized spacial score (nSPS) is 37.6. The zero-order chi connectivity index (χ0) is 19.1. The molecule has 4 fully saturated rings. The van der Waals surface area contributed by atoms with E-state index in [1.807, 2.05) is 18.2 Å². The first-order chi connectivity index (χ1) is 12.9. The van der Waals surface area contributed by atoms with Gasteiger partial charge < -0.3 is 10.1 Å². The Labute approximate surface area is 171 Å². The summed E-state index contributed by atoms with van der Waals surface area (Å²) in [7, 11) is 0. The molecule has 4 aliphatic carbocycles. The summed E-state index contributed by atoms with van der Waals surface area (Å²) < 4.78 is 5.23. The average molecular weight is 406 g/mol. The van der Waals surface area contributed by atoms with Crippen LogP contribution in [0.15, 0.2) is 30.3 Å². The summed E-state index contributed by atoms with van der Waals surface area (Å²) in [4.78, 5) is 12.0. The van der Waals surface area contributed by atoms with E-state index in [-0.39, 0.29) is 40.8 Å². The summed E-state index contributed by atoms with van der Waals surface area (Å²) in [6.45, 7) is 0.0909. The van der Waals surface area contributed by atoms with Crippen LogP contribution in [0, 0.1) is 30.1 Å². The summed E-state index contributed by atoms with van der Waals surface area (Å²) in [5.74, 6) is 3.43. The smallest absolute Gasteiger partial charge is 0.246 e. The first-order valence-corrected chi connectivity index (χ1v) is 10.4. The van der Waals surface area contributed by atoms with Crippen molar-refractivity contribution in [2.75, 3.05) is 13.2 Å². The van der Waals surface area contributed by atoms with Gasteiger partial charge in [0.1, 0.15) is 13.2 Å². The Hall–Kier alpha value is -1.21. The molecule has 4 bridgehead atoms. The molecule has 3 nitrogen and oxygen atoms in total. The van der Waals surface area contributed by atoms with Crippen molar-refractivity contribution >= 4 is 29.1 Å². The van der Waals surface area contributed by atoms with Gasteiger partial charge in [0.2, 0.25) is 5.91 Å². The minimum atomic E-state index is -0.362. The van der Waals surface area contributed by atoms with Crippen molar-refractivity contribution < 1.29 is 9.53 Å². The second-order valence-corrected chi connectivity index (χ2v) is 10.1. The lowest BCUT2D eigenvalue weighted by atomic mass is 9.49. The molecule has 0 aliphatic heterocycles. The van der Waals surface area contributed by atoms with Crippen molar-refractivity contribution in [2.45, 2.75) is 47.9 Å². The van der Waals surface area contributed by atoms with Crippen LogP contribution in [0.2, 0.25) is 0 Å². The lowest BCUT2D eigenvalue weighted by Gasteiger charge is -2.63. The van der Waals surface area contributed by atoms with Crippen molar-refractivity contribution in [3.8, 4) is 12.3 Å². The highest BCUT2D eigenvalue weighted by atomic mass is 35.5. The van der Waals surface area contributed by atoms with E-state index in [4.69, 9.17) is 34.4 Å². The number of benzene rings is 1. The van der Waals surface area contributed by atoms with Crippen LogP contribution >= 0.6 is 23.2 Å². The summed E-state index contributed by atoms with van der Waals surface area (Å²) >= 11 is 14.2. The Kier molecular flexibility index (Phi) is 5.18. The molecule has 5 heteroatoms. The summed E-state index contributed by atoms with van der Waals surface area (Å²) in [5, 5.41) is 3.20. The molecule has 0 aromatic heterocycles. The number of halogens is 2. The fourth-order valence-corrected chi connectivity index (χ4v) is 7.52. The third-order valence-electron chi connectivity index (χ3n) is 6.52.